The van der Waals surface area contributed by atoms with Crippen molar-refractivity contribution in [1.82, 2.24) is 5.32 Å². The Morgan fingerprint density at radius 3 is 2.56 bits per heavy atom. The highest BCUT2D eigenvalue weighted by Crippen LogP contribution is 2.35. The first kappa shape index (κ1) is 22.4. The van der Waals surface area contributed by atoms with Crippen LogP contribution in [0.15, 0.2) is 0 Å². The van der Waals surface area contributed by atoms with Gasteiger partial charge in [0.25, 0.3) is 0 Å². The molecule has 2 N–H and O–H groups in total. The van der Waals surface area contributed by atoms with Gasteiger partial charge < -0.3 is 15.2 Å². The van der Waals surface area contributed by atoms with Gasteiger partial charge in [-0.25, -0.2) is 0 Å². The maximum absolute atomic E-state index is 11.3. The summed E-state index contributed by atoms with van der Waals surface area (Å²) in [7, 11) is 0. The summed E-state index contributed by atoms with van der Waals surface area (Å²) in [5.74, 6) is 1.03. The van der Waals surface area contributed by atoms with Gasteiger partial charge in [0.05, 0.1) is 12.7 Å². The van der Waals surface area contributed by atoms with Gasteiger partial charge >= 0.3 is 5.97 Å². The number of carbonyl (C=O) groups is 1. The van der Waals surface area contributed by atoms with Gasteiger partial charge in [-0.05, 0) is 64.0 Å². The lowest BCUT2D eigenvalue weighted by Crippen LogP contribution is -2.29. The second-order valence-corrected chi connectivity index (χ2v) is 7.59. The van der Waals surface area contributed by atoms with E-state index in [2.05, 4.69) is 12.2 Å². The number of aliphatic hydroxyl groups excluding tert-OH is 1. The number of nitrogens with one attached hydrogen (secondary N) is 1. The molecule has 0 aromatic carbocycles. The summed E-state index contributed by atoms with van der Waals surface area (Å²) in [5, 5.41) is 13.9. The highest BCUT2D eigenvalue weighted by molar-refractivity contribution is 5.69. The molecule has 1 aliphatic carbocycles. The van der Waals surface area contributed by atoms with Gasteiger partial charge in [0.15, 0.2) is 0 Å². The number of hydrogen-bond acceptors (Lipinski definition) is 4. The predicted octanol–water partition coefficient (Wildman–Crippen LogP) is 4.45. The Bertz CT molecular complexity index is 335. The number of unbranched alkanes of at least 4 members (excludes halogenated alkanes) is 6. The highest BCUT2D eigenvalue weighted by atomic mass is 16.5. The van der Waals surface area contributed by atoms with Crippen LogP contribution >= 0.6 is 0 Å². The zero-order valence-corrected chi connectivity index (χ0v) is 16.6. The second-order valence-electron chi connectivity index (χ2n) is 7.59. The summed E-state index contributed by atoms with van der Waals surface area (Å²) in [6.07, 6.45) is 13.2. The molecule has 0 aromatic rings. The van der Waals surface area contributed by atoms with Gasteiger partial charge in [-0.15, -0.1) is 0 Å². The molecule has 0 unspecified atom stereocenters. The minimum Gasteiger partial charge on any atom is -0.466 e. The molecule has 0 bridgehead atoms. The van der Waals surface area contributed by atoms with E-state index in [9.17, 15) is 9.90 Å². The van der Waals surface area contributed by atoms with Crippen molar-refractivity contribution in [2.45, 2.75) is 97.0 Å². The fraction of sp³-hybridized carbons (Fsp3) is 0.952. The molecule has 25 heavy (non-hydrogen) atoms. The topological polar surface area (TPSA) is 58.6 Å². The molecular formula is C21H41NO3. The van der Waals surface area contributed by atoms with Gasteiger partial charge in [0.1, 0.15) is 0 Å². The van der Waals surface area contributed by atoms with Crippen molar-refractivity contribution in [1.29, 1.82) is 0 Å². The van der Waals surface area contributed by atoms with E-state index in [1.54, 1.807) is 0 Å². The molecule has 1 saturated carbocycles. The van der Waals surface area contributed by atoms with E-state index < -0.39 is 0 Å². The van der Waals surface area contributed by atoms with Gasteiger partial charge in [-0.2, -0.15) is 0 Å². The van der Waals surface area contributed by atoms with Crippen molar-refractivity contribution in [2.75, 3.05) is 19.7 Å². The largest absolute Gasteiger partial charge is 0.466 e. The molecule has 0 heterocycles. The van der Waals surface area contributed by atoms with Crippen LogP contribution in [0.25, 0.3) is 0 Å². The van der Waals surface area contributed by atoms with Crippen LogP contribution in [0.1, 0.15) is 90.9 Å². The Kier molecular flexibility index (Phi) is 13.1. The lowest BCUT2D eigenvalue weighted by atomic mass is 9.89. The Morgan fingerprint density at radius 1 is 1.04 bits per heavy atom. The number of esters is 1. The Labute approximate surface area is 155 Å². The molecule has 4 heteroatoms. The fourth-order valence-corrected chi connectivity index (χ4v) is 4.01. The summed E-state index contributed by atoms with van der Waals surface area (Å²) >= 11 is 0. The molecule has 4 nitrogen and oxygen atoms in total. The third-order valence-electron chi connectivity index (χ3n) is 5.52. The van der Waals surface area contributed by atoms with E-state index in [1.807, 2.05) is 6.92 Å². The maximum Gasteiger partial charge on any atom is 0.305 e. The summed E-state index contributed by atoms with van der Waals surface area (Å²) in [6, 6.07) is 0. The summed E-state index contributed by atoms with van der Waals surface area (Å²) in [4.78, 5) is 11.3. The Hall–Kier alpha value is -0.610. The third-order valence-corrected chi connectivity index (χ3v) is 5.52. The average molecular weight is 356 g/mol. The second kappa shape index (κ2) is 14.5. The maximum atomic E-state index is 11.3. The first-order chi connectivity index (χ1) is 12.2. The molecule has 0 aliphatic heterocycles. The van der Waals surface area contributed by atoms with Crippen molar-refractivity contribution in [3.63, 3.8) is 0 Å². The lowest BCUT2D eigenvalue weighted by Gasteiger charge is -2.22. The van der Waals surface area contributed by atoms with Crippen molar-refractivity contribution < 1.29 is 14.6 Å². The molecule has 0 spiro atoms. The van der Waals surface area contributed by atoms with E-state index in [0.717, 1.165) is 58.0 Å². The SMILES string of the molecule is CCCCCCNC[C@@H]1CC[C@H](O)[C@@H]1CCCCCCC(=O)OCC. The van der Waals surface area contributed by atoms with E-state index >= 15 is 0 Å². The number of carbonyl (C=O) groups excluding carboxylic acids is 1. The van der Waals surface area contributed by atoms with Crippen molar-refractivity contribution in [3.8, 4) is 0 Å². The zero-order valence-electron chi connectivity index (χ0n) is 16.6. The molecule has 0 radical (unpaired) electrons. The Balaban J connectivity index is 2.08. The number of rotatable bonds is 15. The molecule has 1 fully saturated rings. The van der Waals surface area contributed by atoms with Gasteiger partial charge in [0, 0.05) is 6.42 Å². The molecule has 0 amide bonds. The van der Waals surface area contributed by atoms with E-state index in [1.165, 1.54) is 25.7 Å². The zero-order chi connectivity index (χ0) is 18.3. The smallest absolute Gasteiger partial charge is 0.305 e. The van der Waals surface area contributed by atoms with E-state index in [-0.39, 0.29) is 12.1 Å². The third kappa shape index (κ3) is 10.2. The molecular weight excluding hydrogens is 314 g/mol. The van der Waals surface area contributed by atoms with Crippen LogP contribution in [0, 0.1) is 11.8 Å². The lowest BCUT2D eigenvalue weighted by molar-refractivity contribution is -0.143. The number of aliphatic hydroxyl groups is 1. The summed E-state index contributed by atoms with van der Waals surface area (Å²) < 4.78 is 4.95. The van der Waals surface area contributed by atoms with Crippen LogP contribution in [0.2, 0.25) is 0 Å². The van der Waals surface area contributed by atoms with E-state index in [0.29, 0.717) is 24.9 Å². The summed E-state index contributed by atoms with van der Waals surface area (Å²) in [6.45, 7) is 6.76. The van der Waals surface area contributed by atoms with E-state index in [4.69, 9.17) is 4.74 Å². The van der Waals surface area contributed by atoms with Gasteiger partial charge in [-0.1, -0.05) is 45.4 Å². The van der Waals surface area contributed by atoms with Crippen LogP contribution in [-0.2, 0) is 9.53 Å². The number of ether oxygens (including phenoxy) is 1. The Morgan fingerprint density at radius 2 is 1.80 bits per heavy atom. The summed E-state index contributed by atoms with van der Waals surface area (Å²) in [5.41, 5.74) is 0. The number of hydrogen-bond donors (Lipinski definition) is 2. The van der Waals surface area contributed by atoms with Crippen LogP contribution in [0.3, 0.4) is 0 Å². The standard InChI is InChI=1S/C21H41NO3/c1-3-5-6-11-16-22-17-18-14-15-20(23)19(18)12-9-7-8-10-13-21(24)25-4-2/h18-20,22-23H,3-17H2,1-2H3/t18-,19+,20-/m0/s1. The molecule has 148 valence electrons. The van der Waals surface area contributed by atoms with Crippen LogP contribution in [0.5, 0.6) is 0 Å². The average Bonchev–Trinajstić information content (AvgIpc) is 2.94. The van der Waals surface area contributed by atoms with Crippen molar-refractivity contribution >= 4 is 5.97 Å². The molecule has 0 saturated heterocycles. The quantitative estimate of drug-likeness (QED) is 0.337. The normalized spacial score (nSPS) is 23.1. The molecule has 3 atom stereocenters. The monoisotopic (exact) mass is 355 g/mol. The minimum absolute atomic E-state index is 0.0706. The van der Waals surface area contributed by atoms with Crippen LogP contribution in [0.4, 0.5) is 0 Å². The molecule has 1 rings (SSSR count). The highest BCUT2D eigenvalue weighted by Gasteiger charge is 2.33. The van der Waals surface area contributed by atoms with Crippen molar-refractivity contribution in [3.05, 3.63) is 0 Å². The van der Waals surface area contributed by atoms with Gasteiger partial charge in [-0.3, -0.25) is 4.79 Å². The molecule has 1 aliphatic rings. The first-order valence-corrected chi connectivity index (χ1v) is 10.7. The predicted molar refractivity (Wildman–Crippen MR) is 104 cm³/mol. The molecule has 0 aromatic heterocycles. The van der Waals surface area contributed by atoms with Crippen LogP contribution in [-0.4, -0.2) is 36.9 Å². The van der Waals surface area contributed by atoms with Crippen molar-refractivity contribution in [2.24, 2.45) is 11.8 Å². The van der Waals surface area contributed by atoms with Gasteiger partial charge in [0.2, 0.25) is 0 Å². The first-order valence-electron chi connectivity index (χ1n) is 10.7. The fourth-order valence-electron chi connectivity index (χ4n) is 4.01. The minimum atomic E-state index is -0.105. The van der Waals surface area contributed by atoms with Crippen LogP contribution < -0.4 is 5.32 Å².